The first-order chi connectivity index (χ1) is 6.76. The second-order valence-corrected chi connectivity index (χ2v) is 5.85. The second kappa shape index (κ2) is 4.03. The van der Waals surface area contributed by atoms with E-state index in [1.54, 1.807) is 0 Å². The monoisotopic (exact) mass is 214 g/mol. The molecule has 0 heterocycles. The Bertz CT molecular complexity index is 242. The number of ether oxygens (including phenoxy) is 1. The van der Waals surface area contributed by atoms with Gasteiger partial charge in [0.1, 0.15) is 5.60 Å². The molecule has 1 aliphatic rings. The third-order valence-electron chi connectivity index (χ3n) is 3.52. The smallest absolute Gasteiger partial charge is 0.450 e. The van der Waals surface area contributed by atoms with E-state index in [1.165, 1.54) is 6.42 Å². The Hall–Kier alpha value is -0.730. The lowest BCUT2D eigenvalue weighted by Gasteiger charge is -2.46. The topological polar surface area (TPSA) is 46.5 Å². The molecule has 0 amide bonds. The standard InChI is InChI=1S/C12H22O3/c1-11(2,3)9-7-5-6-8-12(9,4)15-10(13)14/h9H,5-8H2,1-4H3,(H,13,14). The highest BCUT2D eigenvalue weighted by atomic mass is 16.7. The molecule has 0 saturated heterocycles. The number of rotatable bonds is 1. The lowest BCUT2D eigenvalue weighted by molar-refractivity contribution is -0.0975. The Balaban J connectivity index is 2.85. The lowest BCUT2D eigenvalue weighted by Crippen LogP contribution is -2.47. The third kappa shape index (κ3) is 2.86. The van der Waals surface area contributed by atoms with Crippen molar-refractivity contribution < 1.29 is 14.6 Å². The SMILES string of the molecule is CC(C)(C)C1CCCCC1(C)OC(=O)O. The van der Waals surface area contributed by atoms with Crippen LogP contribution in [0.15, 0.2) is 0 Å². The quantitative estimate of drug-likeness (QED) is 0.677. The molecule has 0 aromatic heterocycles. The van der Waals surface area contributed by atoms with Gasteiger partial charge in [0.15, 0.2) is 0 Å². The summed E-state index contributed by atoms with van der Waals surface area (Å²) in [7, 11) is 0. The molecule has 0 aromatic carbocycles. The van der Waals surface area contributed by atoms with Crippen molar-refractivity contribution in [3.05, 3.63) is 0 Å². The Labute approximate surface area is 91.8 Å². The Kier molecular flexibility index (Phi) is 3.31. The summed E-state index contributed by atoms with van der Waals surface area (Å²) < 4.78 is 5.13. The van der Waals surface area contributed by atoms with Gasteiger partial charge < -0.3 is 9.84 Å². The minimum atomic E-state index is -1.14. The van der Waals surface area contributed by atoms with Gasteiger partial charge in [0, 0.05) is 5.92 Å². The van der Waals surface area contributed by atoms with Gasteiger partial charge in [-0.05, 0) is 31.6 Å². The van der Waals surface area contributed by atoms with Gasteiger partial charge in [-0.2, -0.15) is 0 Å². The van der Waals surface area contributed by atoms with Crippen LogP contribution in [0.4, 0.5) is 4.79 Å². The number of carboxylic acid groups (broad SMARTS) is 1. The summed E-state index contributed by atoms with van der Waals surface area (Å²) in [6.07, 6.45) is 3.01. The highest BCUT2D eigenvalue weighted by molar-refractivity contribution is 5.57. The summed E-state index contributed by atoms with van der Waals surface area (Å²) in [5, 5.41) is 8.79. The van der Waals surface area contributed by atoms with Crippen LogP contribution in [-0.2, 0) is 4.74 Å². The lowest BCUT2D eigenvalue weighted by atomic mass is 9.64. The van der Waals surface area contributed by atoms with Crippen molar-refractivity contribution >= 4 is 6.16 Å². The Morgan fingerprint density at radius 2 is 2.00 bits per heavy atom. The van der Waals surface area contributed by atoms with E-state index in [9.17, 15) is 4.79 Å². The summed E-state index contributed by atoms with van der Waals surface area (Å²) in [4.78, 5) is 10.7. The van der Waals surface area contributed by atoms with Crippen molar-refractivity contribution in [3.8, 4) is 0 Å². The van der Waals surface area contributed by atoms with Crippen molar-refractivity contribution in [2.24, 2.45) is 11.3 Å². The van der Waals surface area contributed by atoms with E-state index in [2.05, 4.69) is 20.8 Å². The van der Waals surface area contributed by atoms with Crippen LogP contribution in [0.2, 0.25) is 0 Å². The van der Waals surface area contributed by atoms with E-state index in [1.807, 2.05) is 6.92 Å². The second-order valence-electron chi connectivity index (χ2n) is 5.85. The van der Waals surface area contributed by atoms with Crippen LogP contribution in [0.3, 0.4) is 0 Å². The predicted molar refractivity (Wildman–Crippen MR) is 58.9 cm³/mol. The predicted octanol–water partition coefficient (Wildman–Crippen LogP) is 3.68. The molecule has 1 saturated carbocycles. The van der Waals surface area contributed by atoms with Gasteiger partial charge in [0.2, 0.25) is 0 Å². The van der Waals surface area contributed by atoms with Gasteiger partial charge in [-0.25, -0.2) is 4.79 Å². The zero-order chi connectivity index (χ0) is 11.7. The van der Waals surface area contributed by atoms with Crippen molar-refractivity contribution in [1.29, 1.82) is 0 Å². The molecule has 1 rings (SSSR count). The molecule has 1 N–H and O–H groups in total. The molecule has 2 atom stereocenters. The van der Waals surface area contributed by atoms with Gasteiger partial charge in [0.25, 0.3) is 0 Å². The zero-order valence-corrected chi connectivity index (χ0v) is 10.2. The molecule has 0 aromatic rings. The maximum Gasteiger partial charge on any atom is 0.506 e. The third-order valence-corrected chi connectivity index (χ3v) is 3.52. The summed E-state index contributed by atoms with van der Waals surface area (Å²) in [5.74, 6) is 0.315. The van der Waals surface area contributed by atoms with Crippen molar-refractivity contribution in [2.45, 2.75) is 59.0 Å². The summed E-state index contributed by atoms with van der Waals surface area (Å²) >= 11 is 0. The highest BCUT2D eigenvalue weighted by Crippen LogP contribution is 2.46. The molecule has 15 heavy (non-hydrogen) atoms. The minimum absolute atomic E-state index is 0.102. The number of hydrogen-bond donors (Lipinski definition) is 1. The molecule has 88 valence electrons. The van der Waals surface area contributed by atoms with E-state index < -0.39 is 11.8 Å². The summed E-state index contributed by atoms with van der Waals surface area (Å²) in [6, 6.07) is 0. The average Bonchev–Trinajstić information content (AvgIpc) is 1.99. The van der Waals surface area contributed by atoms with Crippen LogP contribution < -0.4 is 0 Å². The fourth-order valence-corrected chi connectivity index (χ4v) is 2.97. The van der Waals surface area contributed by atoms with E-state index in [4.69, 9.17) is 9.84 Å². The molecule has 1 fully saturated rings. The Morgan fingerprint density at radius 3 is 2.47 bits per heavy atom. The maximum absolute atomic E-state index is 10.7. The van der Waals surface area contributed by atoms with E-state index >= 15 is 0 Å². The fourth-order valence-electron chi connectivity index (χ4n) is 2.97. The summed E-state index contributed by atoms with van der Waals surface area (Å²) in [5.41, 5.74) is -0.396. The van der Waals surface area contributed by atoms with Gasteiger partial charge in [-0.15, -0.1) is 0 Å². The van der Waals surface area contributed by atoms with Gasteiger partial charge in [0.05, 0.1) is 0 Å². The first-order valence-corrected chi connectivity index (χ1v) is 5.68. The fraction of sp³-hybridized carbons (Fsp3) is 0.917. The molecule has 3 nitrogen and oxygen atoms in total. The van der Waals surface area contributed by atoms with E-state index in [0.717, 1.165) is 19.3 Å². The zero-order valence-electron chi connectivity index (χ0n) is 10.2. The molecule has 3 heteroatoms. The highest BCUT2D eigenvalue weighted by Gasteiger charge is 2.45. The first kappa shape index (κ1) is 12.3. The van der Waals surface area contributed by atoms with Crippen molar-refractivity contribution in [3.63, 3.8) is 0 Å². The van der Waals surface area contributed by atoms with Crippen LogP contribution in [0.1, 0.15) is 53.4 Å². The first-order valence-electron chi connectivity index (χ1n) is 5.68. The van der Waals surface area contributed by atoms with Crippen molar-refractivity contribution in [2.75, 3.05) is 0 Å². The van der Waals surface area contributed by atoms with Gasteiger partial charge in [-0.3, -0.25) is 0 Å². The number of carbonyl (C=O) groups is 1. The molecular weight excluding hydrogens is 192 g/mol. The van der Waals surface area contributed by atoms with Crippen LogP contribution >= 0.6 is 0 Å². The van der Waals surface area contributed by atoms with E-state index in [-0.39, 0.29) is 5.41 Å². The molecule has 0 bridgehead atoms. The van der Waals surface area contributed by atoms with Crippen LogP contribution in [-0.4, -0.2) is 16.9 Å². The van der Waals surface area contributed by atoms with Gasteiger partial charge >= 0.3 is 6.16 Å². The largest absolute Gasteiger partial charge is 0.506 e. The van der Waals surface area contributed by atoms with Crippen LogP contribution in [0, 0.1) is 11.3 Å². The summed E-state index contributed by atoms with van der Waals surface area (Å²) in [6.45, 7) is 8.42. The van der Waals surface area contributed by atoms with Crippen molar-refractivity contribution in [1.82, 2.24) is 0 Å². The van der Waals surface area contributed by atoms with E-state index in [0.29, 0.717) is 5.92 Å². The number of hydrogen-bond acceptors (Lipinski definition) is 2. The normalized spacial score (nSPS) is 32.4. The molecule has 0 spiro atoms. The average molecular weight is 214 g/mol. The molecule has 0 aliphatic heterocycles. The van der Waals surface area contributed by atoms with Crippen LogP contribution in [0.5, 0.6) is 0 Å². The molecule has 0 radical (unpaired) electrons. The molecule has 2 unspecified atom stereocenters. The molecule has 1 aliphatic carbocycles. The van der Waals surface area contributed by atoms with Crippen LogP contribution in [0.25, 0.3) is 0 Å². The Morgan fingerprint density at radius 1 is 1.40 bits per heavy atom. The maximum atomic E-state index is 10.7. The minimum Gasteiger partial charge on any atom is -0.450 e. The van der Waals surface area contributed by atoms with Gasteiger partial charge in [-0.1, -0.05) is 27.2 Å². The molecular formula is C12H22O3.